The molecule has 15 heteroatoms. The number of hydrogen-bond acceptors (Lipinski definition) is 10. The Balaban J connectivity index is 1.30. The first-order valence-corrected chi connectivity index (χ1v) is 14.5. The van der Waals surface area contributed by atoms with E-state index < -0.39 is 35.7 Å². The second-order valence-electron chi connectivity index (χ2n) is 12.5. The molecule has 0 unspecified atom stereocenters. The standard InChI is InChI=1S/C31H34F2N8O5/c1-30(2,3)45-28(42)39-15-16-40(29(43)46-31(4,5)6)27(39)34-21-11-13-23(14-12-21)41-18-22(35-38-41)17-19-7-9-20(10-8-19)25-36-37-26(44-25)24(32)33/h7-14,18,24H,15-17H2,1-6H3. The molecule has 0 bridgehead atoms. The number of carbonyl (C=O) groups is 2. The molecule has 4 aromatic rings. The van der Waals surface area contributed by atoms with Crippen LogP contribution in [0.15, 0.2) is 64.1 Å². The van der Waals surface area contributed by atoms with E-state index >= 15 is 0 Å². The third-order valence-electron chi connectivity index (χ3n) is 6.36. The summed E-state index contributed by atoms with van der Waals surface area (Å²) in [5, 5.41) is 15.5. The molecule has 2 aromatic heterocycles. The summed E-state index contributed by atoms with van der Waals surface area (Å²) in [6.45, 7) is 11.0. The molecule has 1 fully saturated rings. The fourth-order valence-corrected chi connectivity index (χ4v) is 4.36. The van der Waals surface area contributed by atoms with Crippen molar-refractivity contribution >= 4 is 23.8 Å². The maximum absolute atomic E-state index is 13.0. The van der Waals surface area contributed by atoms with Crippen molar-refractivity contribution in [1.82, 2.24) is 35.0 Å². The molecule has 0 saturated carbocycles. The van der Waals surface area contributed by atoms with Gasteiger partial charge in [0.25, 0.3) is 5.89 Å². The number of nitrogens with zero attached hydrogens (tertiary/aromatic N) is 8. The quantitative estimate of drug-likeness (QED) is 0.238. The molecule has 1 saturated heterocycles. The number of rotatable bonds is 6. The molecule has 5 rings (SSSR count). The Morgan fingerprint density at radius 2 is 1.46 bits per heavy atom. The Kier molecular flexibility index (Phi) is 8.85. The fraction of sp³-hybridized carbons (Fsp3) is 0.387. The molecular weight excluding hydrogens is 602 g/mol. The van der Waals surface area contributed by atoms with Gasteiger partial charge in [0, 0.05) is 12.0 Å². The molecule has 0 radical (unpaired) electrons. The molecule has 2 aromatic carbocycles. The average Bonchev–Trinajstić information content (AvgIpc) is 3.73. The SMILES string of the molecule is CC(C)(C)OC(=O)N1CCN(C(=O)OC(C)(C)C)C1=Nc1ccc(-n2cc(Cc3ccc(-c4nnc(C(F)F)o4)cc3)nn2)cc1. The summed E-state index contributed by atoms with van der Waals surface area (Å²) >= 11 is 0. The molecule has 13 nitrogen and oxygen atoms in total. The summed E-state index contributed by atoms with van der Waals surface area (Å²) < 4.78 is 43.2. The molecule has 46 heavy (non-hydrogen) atoms. The van der Waals surface area contributed by atoms with Crippen molar-refractivity contribution in [2.24, 2.45) is 4.99 Å². The molecule has 3 heterocycles. The van der Waals surface area contributed by atoms with Crippen LogP contribution >= 0.6 is 0 Å². The van der Waals surface area contributed by atoms with E-state index in [0.29, 0.717) is 29.1 Å². The topological polar surface area (TPSA) is 141 Å². The van der Waals surface area contributed by atoms with Crippen LogP contribution in [-0.4, -0.2) is 77.4 Å². The molecule has 0 spiro atoms. The number of aromatic nitrogens is 5. The minimum absolute atomic E-state index is 0.0180. The van der Waals surface area contributed by atoms with Crippen molar-refractivity contribution in [3.8, 4) is 17.1 Å². The zero-order valence-corrected chi connectivity index (χ0v) is 26.3. The highest BCUT2D eigenvalue weighted by Crippen LogP contribution is 2.25. The molecule has 0 atom stereocenters. The zero-order valence-electron chi connectivity index (χ0n) is 26.3. The lowest BCUT2D eigenvalue weighted by molar-refractivity contribution is 0.0375. The van der Waals surface area contributed by atoms with Crippen molar-refractivity contribution in [3.05, 3.63) is 71.9 Å². The summed E-state index contributed by atoms with van der Waals surface area (Å²) in [5.41, 5.74) is 1.87. The number of amides is 2. The minimum Gasteiger partial charge on any atom is -0.443 e. The summed E-state index contributed by atoms with van der Waals surface area (Å²) in [7, 11) is 0. The van der Waals surface area contributed by atoms with E-state index in [1.807, 2.05) is 12.1 Å². The van der Waals surface area contributed by atoms with E-state index in [1.165, 1.54) is 9.80 Å². The first kappa shape index (κ1) is 32.2. The first-order valence-electron chi connectivity index (χ1n) is 14.5. The van der Waals surface area contributed by atoms with Gasteiger partial charge < -0.3 is 13.9 Å². The fourth-order valence-electron chi connectivity index (χ4n) is 4.36. The van der Waals surface area contributed by atoms with E-state index in [-0.39, 0.29) is 24.9 Å². The lowest BCUT2D eigenvalue weighted by Crippen LogP contribution is -2.44. The Bertz CT molecular complexity index is 1680. The average molecular weight is 637 g/mol. The number of alkyl halides is 2. The monoisotopic (exact) mass is 636 g/mol. The van der Waals surface area contributed by atoms with Crippen LogP contribution in [0, 0.1) is 0 Å². The van der Waals surface area contributed by atoms with Crippen LogP contribution in [0.25, 0.3) is 17.1 Å². The maximum Gasteiger partial charge on any atom is 0.417 e. The Morgan fingerprint density at radius 3 is 1.98 bits per heavy atom. The van der Waals surface area contributed by atoms with E-state index in [2.05, 4.69) is 25.5 Å². The molecule has 0 aliphatic carbocycles. The Morgan fingerprint density at radius 1 is 0.870 bits per heavy atom. The summed E-state index contributed by atoms with van der Waals surface area (Å²) in [6, 6.07) is 14.1. The highest BCUT2D eigenvalue weighted by atomic mass is 19.3. The summed E-state index contributed by atoms with van der Waals surface area (Å²) in [4.78, 5) is 33.2. The normalized spacial score (nSPS) is 13.8. The first-order chi connectivity index (χ1) is 21.6. The van der Waals surface area contributed by atoms with Gasteiger partial charge >= 0.3 is 18.6 Å². The number of ether oxygens (including phenoxy) is 2. The zero-order chi connectivity index (χ0) is 33.2. The van der Waals surface area contributed by atoms with Crippen molar-refractivity contribution < 1.29 is 32.3 Å². The molecule has 1 aliphatic rings. The maximum atomic E-state index is 13.0. The van der Waals surface area contributed by atoms with Gasteiger partial charge in [-0.05, 0) is 83.5 Å². The van der Waals surface area contributed by atoms with Crippen LogP contribution in [0.5, 0.6) is 0 Å². The predicted molar refractivity (Wildman–Crippen MR) is 162 cm³/mol. The lowest BCUT2D eigenvalue weighted by Gasteiger charge is -2.27. The molecule has 2 amide bonds. The highest BCUT2D eigenvalue weighted by molar-refractivity contribution is 6.04. The smallest absolute Gasteiger partial charge is 0.417 e. The summed E-state index contributed by atoms with van der Waals surface area (Å²) in [6.07, 6.45) is -1.81. The number of hydrogen-bond donors (Lipinski definition) is 0. The second kappa shape index (κ2) is 12.7. The minimum atomic E-state index is -2.83. The predicted octanol–water partition coefficient (Wildman–Crippen LogP) is 6.32. The number of benzene rings is 2. The van der Waals surface area contributed by atoms with Crippen LogP contribution in [0.2, 0.25) is 0 Å². The van der Waals surface area contributed by atoms with Gasteiger partial charge in [-0.15, -0.1) is 15.3 Å². The van der Waals surface area contributed by atoms with Gasteiger partial charge in [-0.2, -0.15) is 8.78 Å². The third-order valence-corrected chi connectivity index (χ3v) is 6.36. The van der Waals surface area contributed by atoms with E-state index in [4.69, 9.17) is 13.9 Å². The van der Waals surface area contributed by atoms with Crippen molar-refractivity contribution in [1.29, 1.82) is 0 Å². The van der Waals surface area contributed by atoms with Crippen molar-refractivity contribution in [2.75, 3.05) is 13.1 Å². The van der Waals surface area contributed by atoms with Gasteiger partial charge in [-0.25, -0.2) is 29.1 Å². The Hall–Kier alpha value is -5.21. The van der Waals surface area contributed by atoms with Gasteiger partial charge in [-0.3, -0.25) is 0 Å². The number of halogens is 2. The second-order valence-corrected chi connectivity index (χ2v) is 12.5. The molecule has 242 valence electrons. The van der Waals surface area contributed by atoms with Crippen LogP contribution in [0.1, 0.15) is 65.1 Å². The number of guanidine groups is 1. The number of carbonyl (C=O) groups excluding carboxylic acids is 2. The van der Waals surface area contributed by atoms with Crippen molar-refractivity contribution in [2.45, 2.75) is 65.6 Å². The van der Waals surface area contributed by atoms with E-state index in [0.717, 1.165) is 5.56 Å². The van der Waals surface area contributed by atoms with Gasteiger partial charge in [0.05, 0.1) is 36.4 Å². The van der Waals surface area contributed by atoms with Gasteiger partial charge in [0.15, 0.2) is 0 Å². The van der Waals surface area contributed by atoms with Gasteiger partial charge in [-0.1, -0.05) is 17.3 Å². The van der Waals surface area contributed by atoms with Crippen LogP contribution in [0.4, 0.5) is 24.1 Å². The largest absolute Gasteiger partial charge is 0.443 e. The van der Waals surface area contributed by atoms with Crippen molar-refractivity contribution in [3.63, 3.8) is 0 Å². The van der Waals surface area contributed by atoms with E-state index in [1.54, 1.807) is 88.8 Å². The summed E-state index contributed by atoms with van der Waals surface area (Å²) in [5.74, 6) is -0.594. The molecule has 0 N–H and O–H groups in total. The van der Waals surface area contributed by atoms with Crippen LogP contribution in [0.3, 0.4) is 0 Å². The van der Waals surface area contributed by atoms with Gasteiger partial charge in [0.1, 0.15) is 11.2 Å². The number of aliphatic imine (C=N–C) groups is 1. The van der Waals surface area contributed by atoms with E-state index in [9.17, 15) is 18.4 Å². The highest BCUT2D eigenvalue weighted by Gasteiger charge is 2.39. The Labute approximate surface area is 263 Å². The van der Waals surface area contributed by atoms with Gasteiger partial charge in [0.2, 0.25) is 11.9 Å². The van der Waals surface area contributed by atoms with Crippen LogP contribution < -0.4 is 0 Å². The van der Waals surface area contributed by atoms with Crippen LogP contribution in [-0.2, 0) is 15.9 Å². The lowest BCUT2D eigenvalue weighted by atomic mass is 10.1. The molecular formula is C31H34F2N8O5. The third kappa shape index (κ3) is 7.89. The molecule has 1 aliphatic heterocycles.